The Morgan fingerprint density at radius 1 is 1.50 bits per heavy atom. The van der Waals surface area contributed by atoms with Crippen LogP contribution in [0.2, 0.25) is 0 Å². The highest BCUT2D eigenvalue weighted by Crippen LogP contribution is 2.34. The lowest BCUT2D eigenvalue weighted by Gasteiger charge is -2.28. The Hall–Kier alpha value is -1.05. The molecule has 0 bridgehead atoms. The van der Waals surface area contributed by atoms with E-state index in [-0.39, 0.29) is 5.54 Å². The Labute approximate surface area is 73.2 Å². The summed E-state index contributed by atoms with van der Waals surface area (Å²) in [5.41, 5.74) is 1.60. The number of fused-ring (bicyclic) bond motifs is 1. The molecule has 0 amide bonds. The Bertz CT molecular complexity index is 304. The first-order chi connectivity index (χ1) is 5.61. The number of pyridine rings is 1. The maximum atomic E-state index is 4.36. The maximum absolute atomic E-state index is 4.36. The Kier molecular flexibility index (Phi) is 1.40. The first-order valence-electron chi connectivity index (χ1n) is 4.29. The predicted octanol–water partition coefficient (Wildman–Crippen LogP) is 1.85. The molecular weight excluding hydrogens is 148 g/mol. The van der Waals surface area contributed by atoms with Gasteiger partial charge in [0.1, 0.15) is 5.82 Å². The van der Waals surface area contributed by atoms with Crippen molar-refractivity contribution in [2.24, 2.45) is 0 Å². The van der Waals surface area contributed by atoms with E-state index in [9.17, 15) is 0 Å². The summed E-state index contributed by atoms with van der Waals surface area (Å²) in [5.74, 6) is 1.14. The summed E-state index contributed by atoms with van der Waals surface area (Å²) in [6.45, 7) is 4.49. The van der Waals surface area contributed by atoms with Gasteiger partial charge in [-0.1, -0.05) is 6.07 Å². The first-order valence-corrected chi connectivity index (χ1v) is 4.29. The van der Waals surface area contributed by atoms with Gasteiger partial charge in [0.2, 0.25) is 0 Å². The average molecular weight is 162 g/mol. The minimum Gasteiger partial charge on any atom is -0.354 e. The largest absolute Gasteiger partial charge is 0.354 e. The number of likely N-dealkylation sites (N-methyl/N-ethyl adjacent to an activating group) is 1. The van der Waals surface area contributed by atoms with Crippen LogP contribution in [0.1, 0.15) is 19.4 Å². The summed E-state index contributed by atoms with van der Waals surface area (Å²) in [5, 5.41) is 0. The third-order valence-electron chi connectivity index (χ3n) is 2.72. The van der Waals surface area contributed by atoms with Crippen LogP contribution in [0.3, 0.4) is 0 Å². The molecular formula is C10H14N2. The highest BCUT2D eigenvalue weighted by molar-refractivity contribution is 5.54. The number of aromatic nitrogens is 1. The molecule has 1 aromatic heterocycles. The minimum absolute atomic E-state index is 0.233. The summed E-state index contributed by atoms with van der Waals surface area (Å²) >= 11 is 0. The molecule has 0 spiro atoms. The third-order valence-corrected chi connectivity index (χ3v) is 2.72. The number of hydrogen-bond acceptors (Lipinski definition) is 2. The Morgan fingerprint density at radius 3 is 2.92 bits per heavy atom. The van der Waals surface area contributed by atoms with Crippen LogP contribution in [-0.4, -0.2) is 17.6 Å². The average Bonchev–Trinajstić information content (AvgIpc) is 2.24. The Balaban J connectivity index is 2.49. The molecule has 1 aliphatic heterocycles. The second-order valence-electron chi connectivity index (χ2n) is 4.03. The summed E-state index contributed by atoms with van der Waals surface area (Å²) in [6, 6.07) is 4.17. The van der Waals surface area contributed by atoms with Crippen LogP contribution in [0.25, 0.3) is 0 Å². The summed E-state index contributed by atoms with van der Waals surface area (Å²) in [4.78, 5) is 6.61. The van der Waals surface area contributed by atoms with Crippen molar-refractivity contribution in [3.8, 4) is 0 Å². The van der Waals surface area contributed by atoms with E-state index in [0.29, 0.717) is 0 Å². The number of nitrogens with zero attached hydrogens (tertiary/aromatic N) is 2. The molecule has 0 saturated carbocycles. The lowest BCUT2D eigenvalue weighted by Crippen LogP contribution is -2.38. The molecule has 0 radical (unpaired) electrons. The van der Waals surface area contributed by atoms with Gasteiger partial charge in [0.15, 0.2) is 0 Å². The Morgan fingerprint density at radius 2 is 2.25 bits per heavy atom. The number of hydrogen-bond donors (Lipinski definition) is 0. The quantitative estimate of drug-likeness (QED) is 0.578. The van der Waals surface area contributed by atoms with Crippen LogP contribution in [0.5, 0.6) is 0 Å². The van der Waals surface area contributed by atoms with Gasteiger partial charge in [-0.3, -0.25) is 0 Å². The van der Waals surface area contributed by atoms with Gasteiger partial charge in [-0.25, -0.2) is 4.98 Å². The fourth-order valence-corrected chi connectivity index (χ4v) is 1.74. The van der Waals surface area contributed by atoms with Gasteiger partial charge >= 0.3 is 0 Å². The van der Waals surface area contributed by atoms with E-state index in [2.05, 4.69) is 36.8 Å². The molecule has 2 heterocycles. The SMILES string of the molecule is CN1c2ncccc2CC1(C)C. The van der Waals surface area contributed by atoms with E-state index in [0.717, 1.165) is 12.2 Å². The fourth-order valence-electron chi connectivity index (χ4n) is 1.74. The molecule has 0 unspecified atom stereocenters. The van der Waals surface area contributed by atoms with Crippen LogP contribution >= 0.6 is 0 Å². The second-order valence-corrected chi connectivity index (χ2v) is 4.03. The van der Waals surface area contributed by atoms with Gasteiger partial charge in [0.05, 0.1) is 0 Å². The molecule has 0 saturated heterocycles. The number of anilines is 1. The van der Waals surface area contributed by atoms with Crippen molar-refractivity contribution in [2.75, 3.05) is 11.9 Å². The van der Waals surface area contributed by atoms with Crippen molar-refractivity contribution in [2.45, 2.75) is 25.8 Å². The molecule has 2 rings (SSSR count). The van der Waals surface area contributed by atoms with Crippen molar-refractivity contribution in [3.63, 3.8) is 0 Å². The molecule has 0 fully saturated rings. The molecule has 64 valence electrons. The van der Waals surface area contributed by atoms with Crippen LogP contribution in [0.15, 0.2) is 18.3 Å². The summed E-state index contributed by atoms with van der Waals surface area (Å²) < 4.78 is 0. The molecule has 0 aliphatic carbocycles. The molecule has 1 aromatic rings. The van der Waals surface area contributed by atoms with E-state index in [4.69, 9.17) is 0 Å². The van der Waals surface area contributed by atoms with Crippen molar-refractivity contribution in [1.29, 1.82) is 0 Å². The third kappa shape index (κ3) is 0.909. The zero-order valence-corrected chi connectivity index (χ0v) is 7.83. The molecule has 2 heteroatoms. The highest BCUT2D eigenvalue weighted by atomic mass is 15.2. The van der Waals surface area contributed by atoms with Crippen molar-refractivity contribution >= 4 is 5.82 Å². The van der Waals surface area contributed by atoms with Gasteiger partial charge in [0.25, 0.3) is 0 Å². The van der Waals surface area contributed by atoms with Crippen LogP contribution in [0.4, 0.5) is 5.82 Å². The highest BCUT2D eigenvalue weighted by Gasteiger charge is 2.33. The first kappa shape index (κ1) is 7.59. The van der Waals surface area contributed by atoms with Crippen molar-refractivity contribution in [1.82, 2.24) is 4.98 Å². The van der Waals surface area contributed by atoms with Crippen molar-refractivity contribution < 1.29 is 0 Å². The smallest absolute Gasteiger partial charge is 0.131 e. The summed E-state index contributed by atoms with van der Waals surface area (Å²) in [7, 11) is 2.11. The molecule has 0 N–H and O–H groups in total. The zero-order chi connectivity index (χ0) is 8.77. The van der Waals surface area contributed by atoms with Gasteiger partial charge in [-0.05, 0) is 31.9 Å². The normalized spacial score (nSPS) is 19.4. The minimum atomic E-state index is 0.233. The number of rotatable bonds is 0. The van der Waals surface area contributed by atoms with E-state index < -0.39 is 0 Å². The molecule has 0 aromatic carbocycles. The van der Waals surface area contributed by atoms with Gasteiger partial charge in [-0.15, -0.1) is 0 Å². The molecule has 12 heavy (non-hydrogen) atoms. The fraction of sp³-hybridized carbons (Fsp3) is 0.500. The molecule has 1 aliphatic rings. The lowest BCUT2D eigenvalue weighted by molar-refractivity contribution is 0.514. The standard InChI is InChI=1S/C10H14N2/c1-10(2)7-8-5-4-6-11-9(8)12(10)3/h4-6H,7H2,1-3H3. The van der Waals surface area contributed by atoms with Gasteiger partial charge in [-0.2, -0.15) is 0 Å². The van der Waals surface area contributed by atoms with E-state index in [1.165, 1.54) is 5.56 Å². The second kappa shape index (κ2) is 2.22. The van der Waals surface area contributed by atoms with Crippen molar-refractivity contribution in [3.05, 3.63) is 23.9 Å². The van der Waals surface area contributed by atoms with Crippen LogP contribution in [-0.2, 0) is 6.42 Å². The van der Waals surface area contributed by atoms with E-state index in [1.54, 1.807) is 0 Å². The topological polar surface area (TPSA) is 16.1 Å². The van der Waals surface area contributed by atoms with Crippen LogP contribution in [0, 0.1) is 0 Å². The lowest BCUT2D eigenvalue weighted by atomic mass is 10.0. The zero-order valence-electron chi connectivity index (χ0n) is 7.83. The van der Waals surface area contributed by atoms with E-state index in [1.807, 2.05) is 12.3 Å². The molecule has 0 atom stereocenters. The van der Waals surface area contributed by atoms with Crippen LogP contribution < -0.4 is 4.90 Å². The summed E-state index contributed by atoms with van der Waals surface area (Å²) in [6.07, 6.45) is 2.96. The van der Waals surface area contributed by atoms with Gasteiger partial charge in [0, 0.05) is 18.8 Å². The molecule has 2 nitrogen and oxygen atoms in total. The van der Waals surface area contributed by atoms with Gasteiger partial charge < -0.3 is 4.90 Å². The van der Waals surface area contributed by atoms with E-state index >= 15 is 0 Å². The maximum Gasteiger partial charge on any atom is 0.131 e. The predicted molar refractivity (Wildman–Crippen MR) is 50.4 cm³/mol. The monoisotopic (exact) mass is 162 g/mol.